The predicted molar refractivity (Wildman–Crippen MR) is 137 cm³/mol. The molecule has 39 heavy (non-hydrogen) atoms. The van der Waals surface area contributed by atoms with Gasteiger partial charge in [0.15, 0.2) is 5.69 Å². The standard InChI is InChI=1S/C28H19F3N2O5S/c29-28(30,31)37-22-4-2-1-3-19(22)24-21(26(38-32-24)16-5-6-16)14-36-18-10-7-15(8-11-18)17-9-12-20-23(13-17)39-33-25(20)27(34)35/h1-4,7-13,16H,5-6,14H2,(H,34,35). The van der Waals surface area contributed by atoms with Crippen LogP contribution in [0.15, 0.2) is 71.3 Å². The molecule has 0 aliphatic heterocycles. The summed E-state index contributed by atoms with van der Waals surface area (Å²) >= 11 is 1.13. The van der Waals surface area contributed by atoms with Gasteiger partial charge in [0.05, 0.1) is 10.3 Å². The quantitative estimate of drug-likeness (QED) is 0.211. The number of para-hydroxylation sites is 1. The average Bonchev–Trinajstić information content (AvgIpc) is 3.52. The zero-order chi connectivity index (χ0) is 27.1. The third-order valence-corrected chi connectivity index (χ3v) is 7.19. The Morgan fingerprint density at radius 3 is 2.51 bits per heavy atom. The minimum Gasteiger partial charge on any atom is -0.489 e. The van der Waals surface area contributed by atoms with Crippen LogP contribution in [0.3, 0.4) is 0 Å². The highest BCUT2D eigenvalue weighted by Gasteiger charge is 2.35. The van der Waals surface area contributed by atoms with E-state index >= 15 is 0 Å². The van der Waals surface area contributed by atoms with Crippen molar-refractivity contribution in [1.82, 2.24) is 9.53 Å². The van der Waals surface area contributed by atoms with Gasteiger partial charge in [-0.25, -0.2) is 4.79 Å². The number of hydrogen-bond acceptors (Lipinski definition) is 7. The lowest BCUT2D eigenvalue weighted by atomic mass is 10.0. The van der Waals surface area contributed by atoms with Crippen molar-refractivity contribution in [3.63, 3.8) is 0 Å². The first-order valence-corrected chi connectivity index (χ1v) is 12.7. The lowest BCUT2D eigenvalue weighted by molar-refractivity contribution is -0.274. The zero-order valence-electron chi connectivity index (χ0n) is 20.1. The highest BCUT2D eigenvalue weighted by atomic mass is 32.1. The molecule has 1 fully saturated rings. The molecule has 1 aliphatic carbocycles. The summed E-state index contributed by atoms with van der Waals surface area (Å²) in [5.41, 5.74) is 2.85. The second-order valence-electron chi connectivity index (χ2n) is 9.05. The second kappa shape index (κ2) is 9.73. The molecule has 7 nitrogen and oxygen atoms in total. The third-order valence-electron chi connectivity index (χ3n) is 6.38. The van der Waals surface area contributed by atoms with Crippen LogP contribution in [0.2, 0.25) is 0 Å². The molecule has 2 aromatic heterocycles. The van der Waals surface area contributed by atoms with Crippen molar-refractivity contribution in [1.29, 1.82) is 0 Å². The van der Waals surface area contributed by atoms with E-state index in [0.29, 0.717) is 22.5 Å². The number of carbonyl (C=O) groups is 1. The van der Waals surface area contributed by atoms with Gasteiger partial charge in [-0.3, -0.25) is 0 Å². The Kier molecular flexibility index (Phi) is 6.22. The van der Waals surface area contributed by atoms with Crippen molar-refractivity contribution in [2.45, 2.75) is 31.7 Å². The number of hydrogen-bond donors (Lipinski definition) is 1. The van der Waals surface area contributed by atoms with E-state index in [1.54, 1.807) is 24.3 Å². The third kappa shape index (κ3) is 5.17. The summed E-state index contributed by atoms with van der Waals surface area (Å²) in [6.45, 7) is 0.0507. The minimum absolute atomic E-state index is 0.0385. The molecule has 0 atom stereocenters. The number of aromatic nitrogens is 2. The molecule has 0 radical (unpaired) electrons. The molecule has 1 N–H and O–H groups in total. The molecule has 5 aromatic rings. The van der Waals surface area contributed by atoms with E-state index in [0.717, 1.165) is 40.2 Å². The van der Waals surface area contributed by atoms with Gasteiger partial charge in [0.25, 0.3) is 0 Å². The van der Waals surface area contributed by atoms with Crippen LogP contribution >= 0.6 is 11.5 Å². The van der Waals surface area contributed by atoms with Crippen LogP contribution in [0.25, 0.3) is 32.5 Å². The van der Waals surface area contributed by atoms with Gasteiger partial charge in [0.1, 0.15) is 29.6 Å². The van der Waals surface area contributed by atoms with E-state index < -0.39 is 12.3 Å². The van der Waals surface area contributed by atoms with Crippen molar-refractivity contribution in [2.24, 2.45) is 0 Å². The van der Waals surface area contributed by atoms with Crippen LogP contribution < -0.4 is 9.47 Å². The number of carboxylic acid groups (broad SMARTS) is 1. The van der Waals surface area contributed by atoms with Gasteiger partial charge in [-0.05, 0) is 65.8 Å². The van der Waals surface area contributed by atoms with E-state index in [4.69, 9.17) is 9.26 Å². The SMILES string of the molecule is O=C(O)c1nsc2cc(-c3ccc(OCc4c(-c5ccccc5OC(F)(F)F)noc4C4CC4)cc3)ccc12. The number of halogens is 3. The summed E-state index contributed by atoms with van der Waals surface area (Å²) in [5.74, 6) is -0.0972. The normalized spacial score (nSPS) is 13.5. The summed E-state index contributed by atoms with van der Waals surface area (Å²) < 4.78 is 59.6. The van der Waals surface area contributed by atoms with Crippen molar-refractivity contribution in [3.8, 4) is 33.9 Å². The van der Waals surface area contributed by atoms with E-state index in [1.807, 2.05) is 24.3 Å². The number of nitrogens with zero attached hydrogens (tertiary/aromatic N) is 2. The predicted octanol–water partition coefficient (Wildman–Crippen LogP) is 7.67. The fraction of sp³-hybridized carbons (Fsp3) is 0.179. The Hall–Kier alpha value is -4.38. The van der Waals surface area contributed by atoms with E-state index in [2.05, 4.69) is 14.3 Å². The second-order valence-corrected chi connectivity index (χ2v) is 9.86. The number of aromatic carboxylic acids is 1. The molecular weight excluding hydrogens is 533 g/mol. The summed E-state index contributed by atoms with van der Waals surface area (Å²) in [6, 6.07) is 18.6. The number of ether oxygens (including phenoxy) is 2. The largest absolute Gasteiger partial charge is 0.573 e. The van der Waals surface area contributed by atoms with Crippen molar-refractivity contribution in [2.75, 3.05) is 0 Å². The van der Waals surface area contributed by atoms with Gasteiger partial charge in [0, 0.05) is 16.9 Å². The van der Waals surface area contributed by atoms with E-state index in [-0.39, 0.29) is 35.2 Å². The number of carboxylic acids is 1. The van der Waals surface area contributed by atoms with Crippen LogP contribution in [0.1, 0.15) is 40.6 Å². The number of alkyl halides is 3. The summed E-state index contributed by atoms with van der Waals surface area (Å²) in [4.78, 5) is 11.3. The maximum atomic E-state index is 13.0. The first-order chi connectivity index (χ1) is 18.8. The Labute approximate surface area is 223 Å². The Morgan fingerprint density at radius 1 is 1.05 bits per heavy atom. The van der Waals surface area contributed by atoms with Gasteiger partial charge in [-0.1, -0.05) is 41.6 Å². The molecule has 0 saturated heterocycles. The topological polar surface area (TPSA) is 94.7 Å². The fourth-order valence-electron chi connectivity index (χ4n) is 4.39. The lowest BCUT2D eigenvalue weighted by Gasteiger charge is -2.13. The first-order valence-electron chi connectivity index (χ1n) is 12.0. The minimum atomic E-state index is -4.85. The maximum absolute atomic E-state index is 13.0. The van der Waals surface area contributed by atoms with Gasteiger partial charge in [-0.2, -0.15) is 4.37 Å². The number of benzene rings is 3. The van der Waals surface area contributed by atoms with Crippen LogP contribution in [0.5, 0.6) is 11.5 Å². The molecule has 0 unspecified atom stereocenters. The smallest absolute Gasteiger partial charge is 0.489 e. The number of fused-ring (bicyclic) bond motifs is 1. The van der Waals surface area contributed by atoms with Crippen molar-refractivity contribution < 1.29 is 37.1 Å². The molecule has 1 aliphatic rings. The highest BCUT2D eigenvalue weighted by molar-refractivity contribution is 7.13. The summed E-state index contributed by atoms with van der Waals surface area (Å²) in [7, 11) is 0. The molecule has 11 heteroatoms. The Balaban J connectivity index is 1.24. The van der Waals surface area contributed by atoms with Gasteiger partial charge in [0.2, 0.25) is 0 Å². The molecule has 0 amide bonds. The van der Waals surface area contributed by atoms with Gasteiger partial charge in [-0.15, -0.1) is 13.2 Å². The van der Waals surface area contributed by atoms with Gasteiger partial charge < -0.3 is 19.1 Å². The molecule has 2 heterocycles. The molecule has 198 valence electrons. The maximum Gasteiger partial charge on any atom is 0.573 e. The fourth-order valence-corrected chi connectivity index (χ4v) is 5.19. The summed E-state index contributed by atoms with van der Waals surface area (Å²) in [5, 5.41) is 14.0. The Morgan fingerprint density at radius 2 is 1.79 bits per heavy atom. The van der Waals surface area contributed by atoms with Crippen LogP contribution in [-0.4, -0.2) is 27.0 Å². The highest BCUT2D eigenvalue weighted by Crippen LogP contribution is 2.45. The van der Waals surface area contributed by atoms with Crippen molar-refractivity contribution in [3.05, 3.63) is 83.7 Å². The zero-order valence-corrected chi connectivity index (χ0v) is 20.9. The average molecular weight is 553 g/mol. The molecule has 0 spiro atoms. The molecule has 3 aromatic carbocycles. The molecular formula is C28H19F3N2O5S. The molecule has 0 bridgehead atoms. The van der Waals surface area contributed by atoms with Crippen LogP contribution in [-0.2, 0) is 6.61 Å². The van der Waals surface area contributed by atoms with E-state index in [1.165, 1.54) is 18.2 Å². The first kappa shape index (κ1) is 24.9. The summed E-state index contributed by atoms with van der Waals surface area (Å²) in [6.07, 6.45) is -3.02. The van der Waals surface area contributed by atoms with Crippen LogP contribution in [0.4, 0.5) is 13.2 Å². The number of rotatable bonds is 8. The van der Waals surface area contributed by atoms with Gasteiger partial charge >= 0.3 is 12.3 Å². The monoisotopic (exact) mass is 552 g/mol. The molecule has 1 saturated carbocycles. The van der Waals surface area contributed by atoms with Crippen molar-refractivity contribution >= 4 is 27.6 Å². The molecule has 6 rings (SSSR count). The lowest BCUT2D eigenvalue weighted by Crippen LogP contribution is -2.17. The van der Waals surface area contributed by atoms with E-state index in [9.17, 15) is 23.1 Å². The Bertz CT molecular complexity index is 1670. The van der Waals surface area contributed by atoms with Crippen LogP contribution in [0, 0.1) is 0 Å².